The Labute approximate surface area is 141 Å². The number of halogens is 3. The van der Waals surface area contributed by atoms with Gasteiger partial charge in [0.15, 0.2) is 0 Å². The van der Waals surface area contributed by atoms with E-state index in [1.165, 1.54) is 0 Å². The number of nitrogens with one attached hydrogen (secondary N) is 2. The maximum Gasteiger partial charge on any atom is 0.494 e. The third-order valence-electron chi connectivity index (χ3n) is 4.39. The van der Waals surface area contributed by atoms with Gasteiger partial charge in [0.1, 0.15) is 0 Å². The highest BCUT2D eigenvalue weighted by Gasteiger charge is 2.51. The molecule has 134 valence electrons. The van der Waals surface area contributed by atoms with Crippen molar-refractivity contribution in [2.75, 3.05) is 25.0 Å². The highest BCUT2D eigenvalue weighted by molar-refractivity contribution is 6.62. The largest absolute Gasteiger partial charge is 0.494 e. The summed E-state index contributed by atoms with van der Waals surface area (Å²) < 4.78 is 48.0. The number of benzene rings is 1. The lowest BCUT2D eigenvalue weighted by molar-refractivity contribution is -0.124. The minimum absolute atomic E-state index is 0.235. The molecular weight excluding hydrogens is 320 g/mol. The molecule has 2 N–H and O–H groups in total. The quantitative estimate of drug-likeness (QED) is 0.615. The average molecular weight is 344 g/mol. The van der Waals surface area contributed by atoms with Gasteiger partial charge in [0.2, 0.25) is 0 Å². The molecule has 4 nitrogen and oxygen atoms in total. The van der Waals surface area contributed by atoms with Crippen LogP contribution in [0.25, 0.3) is 0 Å². The van der Waals surface area contributed by atoms with E-state index in [9.17, 15) is 13.2 Å². The lowest BCUT2D eigenvalue weighted by Crippen LogP contribution is -2.41. The fourth-order valence-electron chi connectivity index (χ4n) is 2.26. The molecule has 0 radical (unpaired) electrons. The molecule has 1 saturated heterocycles. The van der Waals surface area contributed by atoms with Crippen LogP contribution in [0.2, 0.25) is 0 Å². The summed E-state index contributed by atoms with van der Waals surface area (Å²) in [7, 11) is -0.419. The fraction of sp³-hybridized carbons (Fsp3) is 0.625. The van der Waals surface area contributed by atoms with E-state index in [4.69, 9.17) is 9.31 Å². The molecule has 0 atom stereocenters. The Kier molecular flexibility index (Phi) is 5.52. The Bertz CT molecular complexity index is 531. The second kappa shape index (κ2) is 6.94. The molecule has 0 amide bonds. The molecule has 0 spiro atoms. The molecule has 0 aromatic heterocycles. The molecule has 8 heteroatoms. The molecule has 0 aliphatic carbocycles. The third-order valence-corrected chi connectivity index (χ3v) is 4.39. The van der Waals surface area contributed by atoms with Gasteiger partial charge in [-0.1, -0.05) is 12.1 Å². The Balaban J connectivity index is 1.82. The molecule has 1 aliphatic rings. The number of hydrogen-bond acceptors (Lipinski definition) is 4. The summed E-state index contributed by atoms with van der Waals surface area (Å²) >= 11 is 0. The molecule has 2 rings (SSSR count). The predicted octanol–water partition coefficient (Wildman–Crippen LogP) is 2.55. The van der Waals surface area contributed by atoms with E-state index < -0.39 is 31.0 Å². The average Bonchev–Trinajstić information content (AvgIpc) is 2.66. The van der Waals surface area contributed by atoms with Gasteiger partial charge >= 0.3 is 13.3 Å². The summed E-state index contributed by atoms with van der Waals surface area (Å²) in [6, 6.07) is 7.52. The van der Waals surface area contributed by atoms with Gasteiger partial charge in [0.05, 0.1) is 17.7 Å². The maximum absolute atomic E-state index is 12.0. The van der Waals surface area contributed by atoms with Gasteiger partial charge in [0, 0.05) is 18.8 Å². The van der Waals surface area contributed by atoms with Crippen LogP contribution in [0.15, 0.2) is 24.3 Å². The summed E-state index contributed by atoms with van der Waals surface area (Å²) in [5.41, 5.74) is 0.968. The zero-order chi connectivity index (χ0) is 18.0. The van der Waals surface area contributed by atoms with Crippen LogP contribution in [0.1, 0.15) is 27.7 Å². The van der Waals surface area contributed by atoms with E-state index in [0.29, 0.717) is 6.54 Å². The molecule has 0 bridgehead atoms. The van der Waals surface area contributed by atoms with Crippen molar-refractivity contribution < 1.29 is 22.5 Å². The van der Waals surface area contributed by atoms with Gasteiger partial charge in [0.25, 0.3) is 0 Å². The van der Waals surface area contributed by atoms with Gasteiger partial charge in [-0.3, -0.25) is 0 Å². The van der Waals surface area contributed by atoms with Gasteiger partial charge in [-0.2, -0.15) is 13.2 Å². The Morgan fingerprint density at radius 3 is 2.00 bits per heavy atom. The van der Waals surface area contributed by atoms with Crippen molar-refractivity contribution in [2.24, 2.45) is 0 Å². The van der Waals surface area contributed by atoms with Gasteiger partial charge < -0.3 is 19.9 Å². The first-order chi connectivity index (χ1) is 11.0. The SMILES string of the molecule is CC1(C)OB(c2ccc(NCCNCC(F)(F)F)cc2)OC1(C)C. The second-order valence-corrected chi connectivity index (χ2v) is 6.93. The van der Waals surface area contributed by atoms with Gasteiger partial charge in [-0.15, -0.1) is 0 Å². The second-order valence-electron chi connectivity index (χ2n) is 6.93. The third kappa shape index (κ3) is 4.88. The predicted molar refractivity (Wildman–Crippen MR) is 89.6 cm³/mol. The molecule has 1 aromatic carbocycles. The molecular formula is C16H24BF3N2O2. The molecule has 1 fully saturated rings. The lowest BCUT2D eigenvalue weighted by atomic mass is 9.79. The van der Waals surface area contributed by atoms with Crippen molar-refractivity contribution in [2.45, 2.75) is 45.1 Å². The van der Waals surface area contributed by atoms with Crippen molar-refractivity contribution in [1.82, 2.24) is 5.32 Å². The Morgan fingerprint density at radius 1 is 0.958 bits per heavy atom. The number of alkyl halides is 3. The minimum atomic E-state index is -4.18. The summed E-state index contributed by atoms with van der Waals surface area (Å²) in [5, 5.41) is 5.41. The van der Waals surface area contributed by atoms with Crippen LogP contribution >= 0.6 is 0 Å². The number of rotatable bonds is 6. The number of hydrogen-bond donors (Lipinski definition) is 2. The summed E-state index contributed by atoms with van der Waals surface area (Å²) in [4.78, 5) is 0. The molecule has 24 heavy (non-hydrogen) atoms. The Hall–Kier alpha value is -1.25. The molecule has 1 aromatic rings. The van der Waals surface area contributed by atoms with Gasteiger partial charge in [-0.05, 0) is 45.3 Å². The number of anilines is 1. The summed E-state index contributed by atoms with van der Waals surface area (Å²) in [6.45, 7) is 7.65. The maximum atomic E-state index is 12.0. The first-order valence-electron chi connectivity index (χ1n) is 7.97. The van der Waals surface area contributed by atoms with Crippen molar-refractivity contribution in [3.05, 3.63) is 24.3 Å². The lowest BCUT2D eigenvalue weighted by Gasteiger charge is -2.32. The summed E-state index contributed by atoms with van der Waals surface area (Å²) in [6.07, 6.45) is -4.18. The molecule has 1 aliphatic heterocycles. The molecule has 0 saturated carbocycles. The fourth-order valence-corrected chi connectivity index (χ4v) is 2.26. The standard InChI is InChI=1S/C16H24BF3N2O2/c1-14(2)15(3,4)24-17(23-14)12-5-7-13(8-6-12)22-10-9-21-11-16(18,19)20/h5-8,21-22H,9-11H2,1-4H3. The van der Waals surface area contributed by atoms with Crippen molar-refractivity contribution >= 4 is 18.3 Å². The zero-order valence-corrected chi connectivity index (χ0v) is 14.5. The zero-order valence-electron chi connectivity index (χ0n) is 14.5. The van der Waals surface area contributed by atoms with Crippen molar-refractivity contribution in [3.8, 4) is 0 Å². The van der Waals surface area contributed by atoms with Crippen molar-refractivity contribution in [1.29, 1.82) is 0 Å². The van der Waals surface area contributed by atoms with Crippen LogP contribution in [-0.4, -0.2) is 44.1 Å². The van der Waals surface area contributed by atoms with E-state index in [1.54, 1.807) is 0 Å². The highest BCUT2D eigenvalue weighted by atomic mass is 19.4. The van der Waals surface area contributed by atoms with E-state index in [1.807, 2.05) is 52.0 Å². The molecule has 0 unspecified atom stereocenters. The van der Waals surface area contributed by atoms with Gasteiger partial charge in [-0.25, -0.2) is 0 Å². The van der Waals surface area contributed by atoms with Crippen LogP contribution < -0.4 is 16.1 Å². The minimum Gasteiger partial charge on any atom is -0.399 e. The normalized spacial score (nSPS) is 19.5. The monoisotopic (exact) mass is 344 g/mol. The van der Waals surface area contributed by atoms with E-state index in [2.05, 4.69) is 10.6 Å². The van der Waals surface area contributed by atoms with Crippen LogP contribution in [0.3, 0.4) is 0 Å². The first-order valence-corrected chi connectivity index (χ1v) is 7.97. The Morgan fingerprint density at radius 2 is 1.50 bits per heavy atom. The molecule has 1 heterocycles. The van der Waals surface area contributed by atoms with Crippen LogP contribution in [0.4, 0.5) is 18.9 Å². The van der Waals surface area contributed by atoms with Crippen LogP contribution in [-0.2, 0) is 9.31 Å². The topological polar surface area (TPSA) is 42.5 Å². The smallest absolute Gasteiger partial charge is 0.399 e. The van der Waals surface area contributed by atoms with E-state index in [0.717, 1.165) is 11.2 Å². The first kappa shape index (κ1) is 19.1. The summed E-state index contributed by atoms with van der Waals surface area (Å²) in [5.74, 6) is 0. The van der Waals surface area contributed by atoms with E-state index in [-0.39, 0.29) is 6.54 Å². The van der Waals surface area contributed by atoms with Crippen molar-refractivity contribution in [3.63, 3.8) is 0 Å². The van der Waals surface area contributed by atoms with Crippen LogP contribution in [0.5, 0.6) is 0 Å². The van der Waals surface area contributed by atoms with Crippen LogP contribution in [0, 0.1) is 0 Å². The highest BCUT2D eigenvalue weighted by Crippen LogP contribution is 2.36. The van der Waals surface area contributed by atoms with E-state index >= 15 is 0 Å².